The fourth-order valence-electron chi connectivity index (χ4n) is 6.42. The summed E-state index contributed by atoms with van der Waals surface area (Å²) in [4.78, 5) is 0. The third-order valence-electron chi connectivity index (χ3n) is 8.63. The average molecular weight is 516 g/mol. The van der Waals surface area contributed by atoms with Crippen LogP contribution in [-0.2, 0) is 6.11 Å². The molecule has 0 spiro atoms. The summed E-state index contributed by atoms with van der Waals surface area (Å²) in [5.74, 6) is 0.252. The summed E-state index contributed by atoms with van der Waals surface area (Å²) in [7, 11) is 0. The molecule has 0 unspecified atom stereocenters. The number of alkyl halides is 2. The van der Waals surface area contributed by atoms with Crippen molar-refractivity contribution in [3.8, 4) is 11.8 Å². The Morgan fingerprint density at radius 1 is 0.865 bits per heavy atom. The summed E-state index contributed by atoms with van der Waals surface area (Å²) in [6.07, 6.45) is 11.7. The predicted octanol–water partition coefficient (Wildman–Crippen LogP) is 9.63. The van der Waals surface area contributed by atoms with Gasteiger partial charge >= 0.3 is 6.11 Å². The smallest absolute Gasteiger partial charge is 0.426 e. The lowest BCUT2D eigenvalue weighted by Gasteiger charge is -2.38. The van der Waals surface area contributed by atoms with E-state index in [-0.39, 0.29) is 5.75 Å². The van der Waals surface area contributed by atoms with Crippen LogP contribution in [-0.4, -0.2) is 0 Å². The number of nitrogens with zero attached hydrogens (tertiary/aromatic N) is 1. The van der Waals surface area contributed by atoms with Crippen LogP contribution in [0.1, 0.15) is 107 Å². The first-order valence-corrected chi connectivity index (χ1v) is 13.9. The molecule has 0 radical (unpaired) electrons. The minimum atomic E-state index is -3.94. The zero-order chi connectivity index (χ0) is 26.4. The quantitative estimate of drug-likeness (QED) is 0.246. The van der Waals surface area contributed by atoms with Crippen molar-refractivity contribution >= 4 is 0 Å². The second-order valence-corrected chi connectivity index (χ2v) is 11.0. The van der Waals surface area contributed by atoms with Gasteiger partial charge in [0.05, 0.1) is 5.56 Å². The van der Waals surface area contributed by atoms with Crippen LogP contribution in [0.2, 0.25) is 0 Å². The molecule has 0 aliphatic heterocycles. The maximum absolute atomic E-state index is 14.6. The molecule has 2 aromatic rings. The fraction of sp³-hybridized carbons (Fsp3) is 0.581. The van der Waals surface area contributed by atoms with Gasteiger partial charge in [-0.15, -0.1) is 0 Å². The van der Waals surface area contributed by atoms with Gasteiger partial charge in [-0.2, -0.15) is 14.0 Å². The van der Waals surface area contributed by atoms with Crippen LogP contribution in [0.3, 0.4) is 0 Å². The van der Waals surface area contributed by atoms with Crippen molar-refractivity contribution in [1.82, 2.24) is 0 Å². The molecule has 0 bridgehead atoms. The first-order valence-electron chi connectivity index (χ1n) is 13.9. The highest BCUT2D eigenvalue weighted by Crippen LogP contribution is 2.45. The van der Waals surface area contributed by atoms with Gasteiger partial charge in [-0.25, -0.2) is 8.78 Å². The molecule has 2 aromatic carbocycles. The molecule has 200 valence electrons. The van der Waals surface area contributed by atoms with Crippen LogP contribution < -0.4 is 4.74 Å². The summed E-state index contributed by atoms with van der Waals surface area (Å²) < 4.78 is 61.6. The average Bonchev–Trinajstić information content (AvgIpc) is 2.89. The molecule has 6 heteroatoms. The van der Waals surface area contributed by atoms with Crippen molar-refractivity contribution in [3.63, 3.8) is 0 Å². The van der Waals surface area contributed by atoms with Gasteiger partial charge in [0.1, 0.15) is 29.0 Å². The van der Waals surface area contributed by atoms with Crippen LogP contribution in [0.15, 0.2) is 36.4 Å². The highest BCUT2D eigenvalue weighted by atomic mass is 19.3. The Morgan fingerprint density at radius 2 is 1.43 bits per heavy atom. The van der Waals surface area contributed by atoms with Gasteiger partial charge in [0.2, 0.25) is 0 Å². The van der Waals surface area contributed by atoms with E-state index in [9.17, 15) is 17.6 Å². The normalized spacial score (nSPS) is 24.4. The van der Waals surface area contributed by atoms with Gasteiger partial charge in [0.15, 0.2) is 0 Å². The van der Waals surface area contributed by atoms with Crippen LogP contribution in [0.5, 0.6) is 5.75 Å². The zero-order valence-corrected chi connectivity index (χ0v) is 21.6. The number of unbranched alkanes of at least 4 members (excludes halogenated alkanes) is 2. The number of rotatable bonds is 9. The molecule has 2 nitrogen and oxygen atoms in total. The van der Waals surface area contributed by atoms with Crippen LogP contribution >= 0.6 is 0 Å². The molecule has 0 atom stereocenters. The van der Waals surface area contributed by atoms with Gasteiger partial charge in [0.25, 0.3) is 0 Å². The van der Waals surface area contributed by atoms with E-state index >= 15 is 0 Å². The zero-order valence-electron chi connectivity index (χ0n) is 21.6. The number of hydrogen-bond donors (Lipinski definition) is 0. The van der Waals surface area contributed by atoms with Crippen molar-refractivity contribution in [3.05, 3.63) is 64.7 Å². The molecule has 2 aliphatic rings. The highest BCUT2D eigenvalue weighted by molar-refractivity contribution is 5.37. The lowest BCUT2D eigenvalue weighted by molar-refractivity contribution is -0.185. The van der Waals surface area contributed by atoms with E-state index < -0.39 is 28.9 Å². The standard InChI is InChI=1S/C31H37F4NO/c1-2-3-4-5-21-6-8-22(9-7-21)23-10-12-24(13-11-23)25-14-16-27(17-15-25)37-31(34,35)26-18-29(32)28(20-36)30(33)19-26/h14-19,21-24H,2-13H2,1H3. The highest BCUT2D eigenvalue weighted by Gasteiger charge is 2.37. The minimum absolute atomic E-state index is 0.0803. The number of benzene rings is 2. The van der Waals surface area contributed by atoms with E-state index in [2.05, 4.69) is 6.92 Å². The Balaban J connectivity index is 1.28. The first-order chi connectivity index (χ1) is 17.8. The Kier molecular flexibility index (Phi) is 9.16. The summed E-state index contributed by atoms with van der Waals surface area (Å²) in [5.41, 5.74) is -0.753. The monoisotopic (exact) mass is 515 g/mol. The summed E-state index contributed by atoms with van der Waals surface area (Å²) in [5, 5.41) is 8.74. The molecule has 0 N–H and O–H groups in total. The van der Waals surface area contributed by atoms with Crippen LogP contribution in [0.25, 0.3) is 0 Å². The molecule has 4 rings (SSSR count). The van der Waals surface area contributed by atoms with E-state index in [1.807, 2.05) is 12.1 Å². The Bertz CT molecular complexity index is 1040. The number of halogens is 4. The van der Waals surface area contributed by atoms with Crippen molar-refractivity contribution in [2.24, 2.45) is 17.8 Å². The van der Waals surface area contributed by atoms with Crippen molar-refractivity contribution in [2.75, 3.05) is 0 Å². The second kappa shape index (κ2) is 12.3. The second-order valence-electron chi connectivity index (χ2n) is 11.0. The van der Waals surface area contributed by atoms with Gasteiger partial charge < -0.3 is 4.74 Å². The van der Waals surface area contributed by atoms with E-state index in [1.54, 1.807) is 0 Å². The Hall–Kier alpha value is -2.55. The molecule has 37 heavy (non-hydrogen) atoms. The molecule has 0 saturated heterocycles. The topological polar surface area (TPSA) is 33.0 Å². The third-order valence-corrected chi connectivity index (χ3v) is 8.63. The number of nitriles is 1. The van der Waals surface area contributed by atoms with Crippen LogP contribution in [0, 0.1) is 40.7 Å². The maximum Gasteiger partial charge on any atom is 0.426 e. The van der Waals surface area contributed by atoms with Crippen LogP contribution in [0.4, 0.5) is 17.6 Å². The molecule has 2 aliphatic carbocycles. The molecule has 2 fully saturated rings. The Morgan fingerprint density at radius 3 is 1.97 bits per heavy atom. The molecular weight excluding hydrogens is 478 g/mol. The van der Waals surface area contributed by atoms with Gasteiger partial charge in [-0.05, 0) is 92.0 Å². The molecule has 0 amide bonds. The maximum atomic E-state index is 14.6. The van der Waals surface area contributed by atoms with E-state index in [1.165, 1.54) is 82.4 Å². The Labute approximate surface area is 218 Å². The first kappa shape index (κ1) is 27.5. The number of hydrogen-bond acceptors (Lipinski definition) is 2. The largest absolute Gasteiger partial charge is 0.429 e. The predicted molar refractivity (Wildman–Crippen MR) is 136 cm³/mol. The minimum Gasteiger partial charge on any atom is -0.429 e. The molecule has 2 saturated carbocycles. The van der Waals surface area contributed by atoms with E-state index in [4.69, 9.17) is 10.00 Å². The van der Waals surface area contributed by atoms with Crippen molar-refractivity contribution in [1.29, 1.82) is 5.26 Å². The van der Waals surface area contributed by atoms with E-state index in [0.717, 1.165) is 36.2 Å². The summed E-state index contributed by atoms with van der Waals surface area (Å²) >= 11 is 0. The van der Waals surface area contributed by atoms with E-state index in [0.29, 0.717) is 18.1 Å². The number of ether oxygens (including phenoxy) is 1. The van der Waals surface area contributed by atoms with Gasteiger partial charge in [0, 0.05) is 0 Å². The molecule has 0 heterocycles. The molecular formula is C31H37F4NO. The van der Waals surface area contributed by atoms with Crippen molar-refractivity contribution in [2.45, 2.75) is 96.0 Å². The lowest BCUT2D eigenvalue weighted by atomic mass is 9.68. The van der Waals surface area contributed by atoms with Gasteiger partial charge in [-0.3, -0.25) is 0 Å². The summed E-state index contributed by atoms with van der Waals surface area (Å²) in [6.45, 7) is 2.26. The summed E-state index contributed by atoms with van der Waals surface area (Å²) in [6, 6.07) is 8.82. The lowest BCUT2D eigenvalue weighted by Crippen LogP contribution is -2.25. The van der Waals surface area contributed by atoms with Crippen molar-refractivity contribution < 1.29 is 22.3 Å². The third kappa shape index (κ3) is 6.86. The fourth-order valence-corrected chi connectivity index (χ4v) is 6.42. The molecule has 0 aromatic heterocycles. The SMILES string of the molecule is CCCCCC1CCC(C2CCC(c3ccc(OC(F)(F)c4cc(F)c(C#N)c(F)c4)cc3)CC2)CC1. The van der Waals surface area contributed by atoms with Gasteiger partial charge in [-0.1, -0.05) is 57.6 Å².